The van der Waals surface area contributed by atoms with Crippen LogP contribution >= 0.6 is 11.6 Å². The third-order valence-corrected chi connectivity index (χ3v) is 4.80. The van der Waals surface area contributed by atoms with Gasteiger partial charge in [0, 0.05) is 11.6 Å². The molecule has 1 nitrogen and oxygen atoms in total. The highest BCUT2D eigenvalue weighted by molar-refractivity contribution is 6.30. The predicted molar refractivity (Wildman–Crippen MR) is 101 cm³/mol. The van der Waals surface area contributed by atoms with E-state index in [1.54, 1.807) is 0 Å². The van der Waals surface area contributed by atoms with Crippen molar-refractivity contribution in [2.75, 3.05) is 20.6 Å². The van der Waals surface area contributed by atoms with E-state index in [2.05, 4.69) is 61.5 Å². The SMILES string of the molecule is CN(C)CC1CCCc2ccccc2/C1=C/c1ccc(Cl)cc1. The normalized spacial score (nSPS) is 19.7. The Balaban J connectivity index is 2.06. The van der Waals surface area contributed by atoms with Crippen LogP contribution in [0.4, 0.5) is 0 Å². The van der Waals surface area contributed by atoms with Gasteiger partial charge in [0.05, 0.1) is 0 Å². The number of fused-ring (bicyclic) bond motifs is 1. The molecule has 0 radical (unpaired) electrons. The molecule has 0 saturated carbocycles. The van der Waals surface area contributed by atoms with Gasteiger partial charge in [-0.05, 0) is 73.7 Å². The highest BCUT2D eigenvalue weighted by Crippen LogP contribution is 2.36. The zero-order chi connectivity index (χ0) is 16.2. The van der Waals surface area contributed by atoms with Crippen molar-refractivity contribution in [1.29, 1.82) is 0 Å². The summed E-state index contributed by atoms with van der Waals surface area (Å²) in [5, 5.41) is 0.790. The number of benzene rings is 2. The molecule has 3 rings (SSSR count). The van der Waals surface area contributed by atoms with Crippen LogP contribution in [0.25, 0.3) is 11.6 Å². The van der Waals surface area contributed by atoms with Crippen molar-refractivity contribution in [3.05, 3.63) is 70.2 Å². The summed E-state index contributed by atoms with van der Waals surface area (Å²) in [6, 6.07) is 17.0. The van der Waals surface area contributed by atoms with E-state index < -0.39 is 0 Å². The van der Waals surface area contributed by atoms with Crippen LogP contribution in [-0.2, 0) is 6.42 Å². The minimum Gasteiger partial charge on any atom is -0.309 e. The van der Waals surface area contributed by atoms with Crippen molar-refractivity contribution >= 4 is 23.3 Å². The zero-order valence-corrected chi connectivity index (χ0v) is 14.7. The van der Waals surface area contributed by atoms with E-state index in [-0.39, 0.29) is 0 Å². The molecule has 0 bridgehead atoms. The molecule has 1 aliphatic carbocycles. The van der Waals surface area contributed by atoms with Crippen LogP contribution in [0.15, 0.2) is 48.5 Å². The van der Waals surface area contributed by atoms with Crippen molar-refractivity contribution in [1.82, 2.24) is 4.90 Å². The lowest BCUT2D eigenvalue weighted by Crippen LogP contribution is -2.22. The van der Waals surface area contributed by atoms with E-state index in [1.165, 1.54) is 41.5 Å². The van der Waals surface area contributed by atoms with Gasteiger partial charge < -0.3 is 4.90 Å². The quantitative estimate of drug-likeness (QED) is 0.683. The zero-order valence-electron chi connectivity index (χ0n) is 13.9. The lowest BCUT2D eigenvalue weighted by atomic mass is 9.88. The van der Waals surface area contributed by atoms with E-state index in [0.29, 0.717) is 5.92 Å². The third-order valence-electron chi connectivity index (χ3n) is 4.54. The Hall–Kier alpha value is -1.57. The van der Waals surface area contributed by atoms with Crippen LogP contribution in [0.2, 0.25) is 5.02 Å². The van der Waals surface area contributed by atoms with E-state index in [0.717, 1.165) is 11.6 Å². The van der Waals surface area contributed by atoms with Gasteiger partial charge >= 0.3 is 0 Å². The van der Waals surface area contributed by atoms with Crippen molar-refractivity contribution in [3.8, 4) is 0 Å². The summed E-state index contributed by atoms with van der Waals surface area (Å²) >= 11 is 6.03. The van der Waals surface area contributed by atoms with Crippen LogP contribution < -0.4 is 0 Å². The highest BCUT2D eigenvalue weighted by atomic mass is 35.5. The third kappa shape index (κ3) is 4.04. The van der Waals surface area contributed by atoms with E-state index in [4.69, 9.17) is 11.6 Å². The van der Waals surface area contributed by atoms with Crippen LogP contribution in [0.3, 0.4) is 0 Å². The molecule has 2 aromatic rings. The Bertz CT molecular complexity index is 685. The van der Waals surface area contributed by atoms with Gasteiger partial charge in [-0.3, -0.25) is 0 Å². The Morgan fingerprint density at radius 2 is 1.83 bits per heavy atom. The summed E-state index contributed by atoms with van der Waals surface area (Å²) < 4.78 is 0. The maximum absolute atomic E-state index is 6.03. The van der Waals surface area contributed by atoms with Gasteiger partial charge in [0.25, 0.3) is 0 Å². The monoisotopic (exact) mass is 325 g/mol. The minimum absolute atomic E-state index is 0.573. The average Bonchev–Trinajstić information content (AvgIpc) is 2.69. The van der Waals surface area contributed by atoms with Crippen LogP contribution in [0, 0.1) is 5.92 Å². The second-order valence-electron chi connectivity index (χ2n) is 6.66. The molecule has 1 unspecified atom stereocenters. The number of hydrogen-bond donors (Lipinski definition) is 0. The molecule has 0 amide bonds. The number of nitrogens with zero attached hydrogens (tertiary/aromatic N) is 1. The van der Waals surface area contributed by atoms with E-state index in [1.807, 2.05) is 12.1 Å². The number of hydrogen-bond acceptors (Lipinski definition) is 1. The summed E-state index contributed by atoms with van der Waals surface area (Å²) in [6.07, 6.45) is 6.03. The molecular weight excluding hydrogens is 302 g/mol. The molecule has 1 atom stereocenters. The first-order chi connectivity index (χ1) is 11.1. The van der Waals surface area contributed by atoms with E-state index in [9.17, 15) is 0 Å². The Kier molecular flexibility index (Phi) is 5.20. The molecule has 1 aliphatic rings. The lowest BCUT2D eigenvalue weighted by Gasteiger charge is -2.23. The largest absolute Gasteiger partial charge is 0.309 e. The Morgan fingerprint density at radius 1 is 1.09 bits per heavy atom. The fraction of sp³-hybridized carbons (Fsp3) is 0.333. The van der Waals surface area contributed by atoms with Crippen molar-refractivity contribution < 1.29 is 0 Å². The molecule has 0 fully saturated rings. The Labute approximate surface area is 144 Å². The van der Waals surface area contributed by atoms with Crippen LogP contribution in [0.1, 0.15) is 29.5 Å². The van der Waals surface area contributed by atoms with Gasteiger partial charge in [-0.1, -0.05) is 54.1 Å². The molecular formula is C21H24ClN. The number of halogens is 1. The predicted octanol–water partition coefficient (Wildman–Crippen LogP) is 5.39. The second kappa shape index (κ2) is 7.33. The van der Waals surface area contributed by atoms with Crippen molar-refractivity contribution in [3.63, 3.8) is 0 Å². The number of rotatable bonds is 3. The fourth-order valence-electron chi connectivity index (χ4n) is 3.50. The highest BCUT2D eigenvalue weighted by Gasteiger charge is 2.22. The van der Waals surface area contributed by atoms with Gasteiger partial charge in [-0.2, -0.15) is 0 Å². The molecule has 0 aliphatic heterocycles. The summed E-state index contributed by atoms with van der Waals surface area (Å²) in [4.78, 5) is 2.30. The van der Waals surface area contributed by atoms with Gasteiger partial charge in [0.2, 0.25) is 0 Å². The summed E-state index contributed by atoms with van der Waals surface area (Å²) in [5.74, 6) is 0.573. The Morgan fingerprint density at radius 3 is 2.57 bits per heavy atom. The fourth-order valence-corrected chi connectivity index (χ4v) is 3.62. The number of aryl methyl sites for hydroxylation is 1. The topological polar surface area (TPSA) is 3.24 Å². The minimum atomic E-state index is 0.573. The summed E-state index contributed by atoms with van der Waals surface area (Å²) in [6.45, 7) is 1.09. The van der Waals surface area contributed by atoms with Gasteiger partial charge in [0.1, 0.15) is 0 Å². The second-order valence-corrected chi connectivity index (χ2v) is 7.10. The van der Waals surface area contributed by atoms with Gasteiger partial charge in [-0.25, -0.2) is 0 Å². The van der Waals surface area contributed by atoms with Gasteiger partial charge in [0.15, 0.2) is 0 Å². The van der Waals surface area contributed by atoms with Crippen molar-refractivity contribution in [2.45, 2.75) is 19.3 Å². The van der Waals surface area contributed by atoms with Crippen LogP contribution in [-0.4, -0.2) is 25.5 Å². The lowest BCUT2D eigenvalue weighted by molar-refractivity contribution is 0.353. The first-order valence-corrected chi connectivity index (χ1v) is 8.71. The first-order valence-electron chi connectivity index (χ1n) is 8.33. The summed E-state index contributed by atoms with van der Waals surface area (Å²) in [5.41, 5.74) is 5.60. The standard InChI is InChI=1S/C21H24ClN/c1-23(2)15-18-8-5-7-17-6-3-4-9-20(17)21(18)14-16-10-12-19(22)13-11-16/h3-4,6,9-14,18H,5,7-8,15H2,1-2H3/b21-14+. The molecule has 2 aromatic carbocycles. The van der Waals surface area contributed by atoms with Crippen molar-refractivity contribution in [2.24, 2.45) is 5.92 Å². The smallest absolute Gasteiger partial charge is 0.0406 e. The molecule has 0 heterocycles. The maximum Gasteiger partial charge on any atom is 0.0406 e. The summed E-state index contributed by atoms with van der Waals surface area (Å²) in [7, 11) is 4.33. The average molecular weight is 326 g/mol. The first kappa shape index (κ1) is 16.3. The molecule has 23 heavy (non-hydrogen) atoms. The molecule has 2 heteroatoms. The van der Waals surface area contributed by atoms with Crippen LogP contribution in [0.5, 0.6) is 0 Å². The maximum atomic E-state index is 6.03. The molecule has 0 saturated heterocycles. The molecule has 0 spiro atoms. The molecule has 0 N–H and O–H groups in total. The molecule has 120 valence electrons. The van der Waals surface area contributed by atoms with Gasteiger partial charge in [-0.15, -0.1) is 0 Å². The van der Waals surface area contributed by atoms with E-state index >= 15 is 0 Å². The molecule has 0 aromatic heterocycles.